The summed E-state index contributed by atoms with van der Waals surface area (Å²) >= 11 is 0. The summed E-state index contributed by atoms with van der Waals surface area (Å²) in [4.78, 5) is 21.2. The molecule has 0 saturated carbocycles. The lowest BCUT2D eigenvalue weighted by Gasteiger charge is -2.10. The zero-order chi connectivity index (χ0) is 17.2. The molecule has 120 valence electrons. The van der Waals surface area contributed by atoms with Gasteiger partial charge in [-0.3, -0.25) is 0 Å². The van der Waals surface area contributed by atoms with Gasteiger partial charge in [0.15, 0.2) is 0 Å². The second-order valence-corrected chi connectivity index (χ2v) is 6.87. The number of hydrogen-bond donors (Lipinski definition) is 2. The zero-order valence-electron chi connectivity index (χ0n) is 11.3. The Bertz CT molecular complexity index is 872. The van der Waals surface area contributed by atoms with Gasteiger partial charge in [-0.25, -0.2) is 18.0 Å². The van der Waals surface area contributed by atoms with Crippen LogP contribution < -0.4 is 4.74 Å². The molecule has 0 atom stereocenters. The summed E-state index contributed by atoms with van der Waals surface area (Å²) in [5, 5.41) is 17.7. The number of carboxylic acids is 2. The van der Waals surface area contributed by atoms with Crippen molar-refractivity contribution in [2.45, 2.75) is 4.90 Å². The van der Waals surface area contributed by atoms with Gasteiger partial charge in [-0.1, -0.05) is 0 Å². The Kier molecular flexibility index (Phi) is 4.57. The zero-order valence-corrected chi connectivity index (χ0v) is 12.8. The van der Waals surface area contributed by atoms with Gasteiger partial charge in [0.25, 0.3) is 9.05 Å². The molecule has 0 fully saturated rings. The van der Waals surface area contributed by atoms with Crippen molar-refractivity contribution in [3.05, 3.63) is 53.6 Å². The molecule has 0 radical (unpaired) electrons. The average molecular weight is 357 g/mol. The summed E-state index contributed by atoms with van der Waals surface area (Å²) in [6.45, 7) is 0. The second-order valence-electron chi connectivity index (χ2n) is 4.34. The van der Waals surface area contributed by atoms with Gasteiger partial charge in [0.2, 0.25) is 0 Å². The lowest BCUT2D eigenvalue weighted by atomic mass is 10.2. The number of carbonyl (C=O) groups is 2. The third kappa shape index (κ3) is 3.99. The molecule has 0 aliphatic carbocycles. The van der Waals surface area contributed by atoms with Crippen molar-refractivity contribution >= 4 is 31.7 Å². The van der Waals surface area contributed by atoms with Crippen molar-refractivity contribution in [1.29, 1.82) is 0 Å². The molecule has 0 aliphatic rings. The van der Waals surface area contributed by atoms with Gasteiger partial charge < -0.3 is 14.9 Å². The van der Waals surface area contributed by atoms with E-state index in [4.69, 9.17) is 25.6 Å². The molecule has 9 heteroatoms. The van der Waals surface area contributed by atoms with Crippen LogP contribution >= 0.6 is 10.7 Å². The predicted octanol–water partition coefficient (Wildman–Crippen LogP) is 2.80. The minimum absolute atomic E-state index is 0.0313. The molecule has 0 bridgehead atoms. The molecular weight excluding hydrogens is 348 g/mol. The highest BCUT2D eigenvalue weighted by atomic mass is 35.7. The Morgan fingerprint density at radius 1 is 0.913 bits per heavy atom. The minimum atomic E-state index is -4.24. The van der Waals surface area contributed by atoms with Crippen molar-refractivity contribution in [2.24, 2.45) is 0 Å². The van der Waals surface area contributed by atoms with Crippen molar-refractivity contribution in [1.82, 2.24) is 0 Å². The third-order valence-electron chi connectivity index (χ3n) is 2.78. The van der Waals surface area contributed by atoms with Crippen molar-refractivity contribution < 1.29 is 33.0 Å². The maximum atomic E-state index is 11.6. The van der Waals surface area contributed by atoms with Gasteiger partial charge in [0, 0.05) is 10.7 Å². The van der Waals surface area contributed by atoms with Crippen LogP contribution in [0.15, 0.2) is 47.4 Å². The lowest BCUT2D eigenvalue weighted by Crippen LogP contribution is -2.02. The fraction of sp³-hybridized carbons (Fsp3) is 0. The third-order valence-corrected chi connectivity index (χ3v) is 4.13. The summed E-state index contributed by atoms with van der Waals surface area (Å²) in [7, 11) is 1.05. The predicted molar refractivity (Wildman–Crippen MR) is 79.9 cm³/mol. The number of hydrogen-bond acceptors (Lipinski definition) is 5. The Morgan fingerprint density at radius 3 is 1.91 bits per heavy atom. The SMILES string of the molecule is O=C(O)c1ccc(Oc2ccc(C(=O)O)cc2S(=O)(=O)Cl)cc1. The lowest BCUT2D eigenvalue weighted by molar-refractivity contribution is 0.0686. The first-order valence-electron chi connectivity index (χ1n) is 6.01. The first-order valence-corrected chi connectivity index (χ1v) is 8.32. The van der Waals surface area contributed by atoms with Gasteiger partial charge in [-0.2, -0.15) is 0 Å². The van der Waals surface area contributed by atoms with Crippen LogP contribution in [0.5, 0.6) is 11.5 Å². The maximum Gasteiger partial charge on any atom is 0.335 e. The van der Waals surface area contributed by atoms with Crippen molar-refractivity contribution in [3.63, 3.8) is 0 Å². The molecule has 0 unspecified atom stereocenters. The van der Waals surface area contributed by atoms with E-state index in [2.05, 4.69) is 0 Å². The van der Waals surface area contributed by atoms with E-state index in [-0.39, 0.29) is 22.6 Å². The normalized spacial score (nSPS) is 11.0. The quantitative estimate of drug-likeness (QED) is 0.790. The summed E-state index contributed by atoms with van der Waals surface area (Å²) in [6.07, 6.45) is 0. The summed E-state index contributed by atoms with van der Waals surface area (Å²) in [5.41, 5.74) is -0.235. The van der Waals surface area contributed by atoms with Crippen molar-refractivity contribution in [2.75, 3.05) is 0 Å². The molecule has 2 rings (SSSR count). The minimum Gasteiger partial charge on any atom is -0.478 e. The summed E-state index contributed by atoms with van der Waals surface area (Å²) in [6, 6.07) is 8.42. The van der Waals surface area contributed by atoms with Crippen LogP contribution in [0.4, 0.5) is 0 Å². The van der Waals surface area contributed by atoms with Gasteiger partial charge in [-0.05, 0) is 42.5 Å². The highest BCUT2D eigenvalue weighted by Crippen LogP contribution is 2.32. The highest BCUT2D eigenvalue weighted by Gasteiger charge is 2.20. The van der Waals surface area contributed by atoms with E-state index in [1.54, 1.807) is 0 Å². The van der Waals surface area contributed by atoms with Crippen LogP contribution in [0.1, 0.15) is 20.7 Å². The standard InChI is InChI=1S/C14H9ClO7S/c15-23(20,21)12-7-9(14(18)19)3-6-11(12)22-10-4-1-8(2-5-10)13(16)17/h1-7H,(H,16,17)(H,18,19). The molecule has 0 heterocycles. The molecule has 0 spiro atoms. The topological polar surface area (TPSA) is 118 Å². The highest BCUT2D eigenvalue weighted by molar-refractivity contribution is 8.13. The van der Waals surface area contributed by atoms with Crippen LogP contribution in [0.25, 0.3) is 0 Å². The van der Waals surface area contributed by atoms with Gasteiger partial charge >= 0.3 is 11.9 Å². The Balaban J connectivity index is 2.43. The largest absolute Gasteiger partial charge is 0.478 e. The molecule has 0 amide bonds. The van der Waals surface area contributed by atoms with Crippen LogP contribution in [0, 0.1) is 0 Å². The summed E-state index contributed by atoms with van der Waals surface area (Å²) in [5.74, 6) is -2.44. The van der Waals surface area contributed by atoms with Gasteiger partial charge in [0.1, 0.15) is 16.4 Å². The van der Waals surface area contributed by atoms with Crippen LogP contribution in [0.3, 0.4) is 0 Å². The van der Waals surface area contributed by atoms with E-state index in [0.29, 0.717) is 0 Å². The van der Waals surface area contributed by atoms with E-state index < -0.39 is 25.9 Å². The van der Waals surface area contributed by atoms with Crippen LogP contribution in [-0.2, 0) is 9.05 Å². The number of carboxylic acid groups (broad SMARTS) is 2. The van der Waals surface area contributed by atoms with Crippen molar-refractivity contribution in [3.8, 4) is 11.5 Å². The molecule has 0 aromatic heterocycles. The Morgan fingerprint density at radius 2 is 1.43 bits per heavy atom. The maximum absolute atomic E-state index is 11.6. The summed E-state index contributed by atoms with van der Waals surface area (Å²) < 4.78 is 28.5. The number of halogens is 1. The number of benzene rings is 2. The molecule has 2 aromatic carbocycles. The van der Waals surface area contributed by atoms with E-state index >= 15 is 0 Å². The van der Waals surface area contributed by atoms with Crippen LogP contribution in [-0.4, -0.2) is 30.6 Å². The molecule has 2 N–H and O–H groups in total. The molecule has 0 aliphatic heterocycles. The molecule has 23 heavy (non-hydrogen) atoms. The molecular formula is C14H9ClO7S. The first kappa shape index (κ1) is 16.8. The van der Waals surface area contributed by atoms with Gasteiger partial charge in [0.05, 0.1) is 11.1 Å². The Labute approximate surface area is 135 Å². The molecule has 0 saturated heterocycles. The molecule has 7 nitrogen and oxygen atoms in total. The van der Waals surface area contributed by atoms with E-state index in [1.807, 2.05) is 0 Å². The first-order chi connectivity index (χ1) is 10.7. The van der Waals surface area contributed by atoms with E-state index in [9.17, 15) is 18.0 Å². The van der Waals surface area contributed by atoms with Gasteiger partial charge in [-0.15, -0.1) is 0 Å². The second kappa shape index (κ2) is 6.27. The number of ether oxygens (including phenoxy) is 1. The molecule has 2 aromatic rings. The van der Waals surface area contributed by atoms with E-state index in [0.717, 1.165) is 18.2 Å². The average Bonchev–Trinajstić information content (AvgIpc) is 2.46. The van der Waals surface area contributed by atoms with E-state index in [1.165, 1.54) is 24.3 Å². The Hall–Kier alpha value is -2.58. The number of rotatable bonds is 5. The fourth-order valence-corrected chi connectivity index (χ4v) is 2.69. The fourth-order valence-electron chi connectivity index (χ4n) is 1.71. The van der Waals surface area contributed by atoms with Crippen LogP contribution in [0.2, 0.25) is 0 Å². The monoisotopic (exact) mass is 356 g/mol. The number of aromatic carboxylic acids is 2. The smallest absolute Gasteiger partial charge is 0.335 e.